The third-order valence-electron chi connectivity index (χ3n) is 2.49. The van der Waals surface area contributed by atoms with E-state index in [1.54, 1.807) is 12.1 Å². The van der Waals surface area contributed by atoms with E-state index in [2.05, 4.69) is 0 Å². The van der Waals surface area contributed by atoms with Crippen LogP contribution in [0, 0.1) is 5.41 Å². The van der Waals surface area contributed by atoms with Crippen molar-refractivity contribution in [3.8, 4) is 5.75 Å². The lowest BCUT2D eigenvalue weighted by Crippen LogP contribution is -2.26. The van der Waals surface area contributed by atoms with Crippen LogP contribution < -0.4 is 4.74 Å². The molecule has 0 atom stereocenters. The van der Waals surface area contributed by atoms with Gasteiger partial charge < -0.3 is 4.74 Å². The van der Waals surface area contributed by atoms with Crippen LogP contribution in [0.15, 0.2) is 24.3 Å². The number of carbonyl (C=O) groups is 1. The summed E-state index contributed by atoms with van der Waals surface area (Å²) in [7, 11) is 0. The van der Waals surface area contributed by atoms with Gasteiger partial charge in [0.1, 0.15) is 11.4 Å². The maximum atomic E-state index is 12.2. The Balaban J connectivity index is 2.87. The quantitative estimate of drug-likeness (QED) is 0.601. The Bertz CT molecular complexity index is 413. The molecule has 3 heteroatoms. The summed E-state index contributed by atoms with van der Waals surface area (Å²) >= 11 is 5.81. The van der Waals surface area contributed by atoms with E-state index in [1.165, 1.54) is 0 Å². The molecule has 0 saturated carbocycles. The summed E-state index contributed by atoms with van der Waals surface area (Å²) in [6, 6.07) is 7.22. The van der Waals surface area contributed by atoms with E-state index in [-0.39, 0.29) is 11.4 Å². The molecule has 0 aliphatic carbocycles. The zero-order chi connectivity index (χ0) is 14.0. The van der Waals surface area contributed by atoms with Gasteiger partial charge in [-0.1, -0.05) is 13.8 Å². The molecule has 0 bridgehead atoms. The molecule has 0 amide bonds. The van der Waals surface area contributed by atoms with Gasteiger partial charge in [-0.3, -0.25) is 4.79 Å². The number of benzene rings is 1. The van der Waals surface area contributed by atoms with Gasteiger partial charge in [-0.2, -0.15) is 0 Å². The summed E-state index contributed by atoms with van der Waals surface area (Å²) in [6.07, 6.45) is 0. The molecule has 1 aromatic rings. The van der Waals surface area contributed by atoms with Gasteiger partial charge >= 0.3 is 0 Å². The van der Waals surface area contributed by atoms with Crippen molar-refractivity contribution in [2.75, 3.05) is 5.88 Å². The number of hydrogen-bond acceptors (Lipinski definition) is 2. The molecule has 0 fully saturated rings. The minimum atomic E-state index is -0.534. The maximum absolute atomic E-state index is 12.2. The van der Waals surface area contributed by atoms with E-state index in [1.807, 2.05) is 46.8 Å². The highest BCUT2D eigenvalue weighted by atomic mass is 35.5. The fourth-order valence-corrected chi connectivity index (χ4v) is 1.60. The van der Waals surface area contributed by atoms with Gasteiger partial charge in [0, 0.05) is 16.9 Å². The molecule has 1 aromatic carbocycles. The fraction of sp³-hybridized carbons (Fsp3) is 0.533. The zero-order valence-corrected chi connectivity index (χ0v) is 12.5. The Morgan fingerprint density at radius 1 is 1.11 bits per heavy atom. The molecule has 0 aliphatic heterocycles. The lowest BCUT2D eigenvalue weighted by Gasteiger charge is -2.22. The topological polar surface area (TPSA) is 26.3 Å². The predicted molar refractivity (Wildman–Crippen MR) is 75.7 cm³/mol. The summed E-state index contributed by atoms with van der Waals surface area (Å²) in [5.74, 6) is 1.13. The van der Waals surface area contributed by atoms with E-state index in [9.17, 15) is 4.79 Å². The number of hydrogen-bond donors (Lipinski definition) is 0. The van der Waals surface area contributed by atoms with Crippen LogP contribution in [-0.2, 0) is 0 Å². The van der Waals surface area contributed by atoms with Crippen LogP contribution >= 0.6 is 11.6 Å². The van der Waals surface area contributed by atoms with Crippen molar-refractivity contribution in [2.24, 2.45) is 5.41 Å². The number of carbonyl (C=O) groups excluding carboxylic acids is 1. The van der Waals surface area contributed by atoms with E-state index < -0.39 is 5.41 Å². The van der Waals surface area contributed by atoms with Crippen LogP contribution in [0.2, 0.25) is 0 Å². The summed E-state index contributed by atoms with van der Waals surface area (Å²) in [5, 5.41) is 0. The minimum Gasteiger partial charge on any atom is -0.488 e. The average Bonchev–Trinajstić information content (AvgIpc) is 2.27. The molecular formula is C15H21ClO2. The predicted octanol–water partition coefficient (Wildman–Crippen LogP) is 4.31. The van der Waals surface area contributed by atoms with Gasteiger partial charge in [0.2, 0.25) is 0 Å². The lowest BCUT2D eigenvalue weighted by molar-refractivity contribution is 0.0862. The largest absolute Gasteiger partial charge is 0.488 e. The van der Waals surface area contributed by atoms with Crippen LogP contribution in [0.3, 0.4) is 0 Å². The Morgan fingerprint density at radius 3 is 2.00 bits per heavy atom. The molecule has 0 spiro atoms. The highest BCUT2D eigenvalue weighted by molar-refractivity contribution is 6.20. The molecule has 18 heavy (non-hydrogen) atoms. The van der Waals surface area contributed by atoms with E-state index >= 15 is 0 Å². The zero-order valence-electron chi connectivity index (χ0n) is 11.7. The highest BCUT2D eigenvalue weighted by Crippen LogP contribution is 2.25. The first-order valence-corrected chi connectivity index (χ1v) is 6.59. The summed E-state index contributed by atoms with van der Waals surface area (Å²) in [5.41, 5.74) is -0.101. The smallest absolute Gasteiger partial charge is 0.169 e. The van der Waals surface area contributed by atoms with Gasteiger partial charge in [-0.25, -0.2) is 0 Å². The lowest BCUT2D eigenvalue weighted by atomic mass is 9.86. The third kappa shape index (κ3) is 4.02. The molecule has 0 aromatic heterocycles. The van der Waals surface area contributed by atoms with Crippen LogP contribution in [0.5, 0.6) is 5.75 Å². The van der Waals surface area contributed by atoms with Crippen molar-refractivity contribution in [1.82, 2.24) is 0 Å². The summed E-state index contributed by atoms with van der Waals surface area (Å²) in [6.45, 7) is 9.66. The number of halogens is 1. The van der Waals surface area contributed by atoms with Crippen LogP contribution in [0.25, 0.3) is 0 Å². The van der Waals surface area contributed by atoms with Gasteiger partial charge in [0.15, 0.2) is 5.78 Å². The molecular weight excluding hydrogens is 248 g/mol. The van der Waals surface area contributed by atoms with Crippen molar-refractivity contribution >= 4 is 17.4 Å². The second-order valence-electron chi connectivity index (χ2n) is 6.09. The summed E-state index contributed by atoms with van der Waals surface area (Å²) in [4.78, 5) is 12.2. The van der Waals surface area contributed by atoms with Crippen LogP contribution in [0.1, 0.15) is 45.0 Å². The van der Waals surface area contributed by atoms with Crippen molar-refractivity contribution in [2.45, 2.75) is 40.2 Å². The molecule has 1 rings (SSSR count). The summed E-state index contributed by atoms with van der Waals surface area (Å²) < 4.78 is 5.71. The number of ether oxygens (including phenoxy) is 1. The first-order valence-electron chi connectivity index (χ1n) is 6.05. The molecule has 0 unspecified atom stereocenters. The second kappa shape index (κ2) is 5.31. The Morgan fingerprint density at radius 2 is 1.61 bits per heavy atom. The molecule has 0 N–H and O–H groups in total. The molecule has 0 heterocycles. The first kappa shape index (κ1) is 15.0. The first-order chi connectivity index (χ1) is 8.15. The van der Waals surface area contributed by atoms with Crippen molar-refractivity contribution in [3.63, 3.8) is 0 Å². The third-order valence-corrected chi connectivity index (χ3v) is 3.16. The van der Waals surface area contributed by atoms with Crippen molar-refractivity contribution in [1.29, 1.82) is 0 Å². The fourth-order valence-electron chi connectivity index (χ4n) is 1.48. The number of ketones is 1. The van der Waals surface area contributed by atoms with Crippen LogP contribution in [-0.4, -0.2) is 17.3 Å². The Labute approximate surface area is 114 Å². The molecule has 2 nitrogen and oxygen atoms in total. The molecule has 0 radical (unpaired) electrons. The normalized spacial score (nSPS) is 12.3. The monoisotopic (exact) mass is 268 g/mol. The van der Waals surface area contributed by atoms with E-state index in [0.717, 1.165) is 5.75 Å². The molecule has 0 aliphatic rings. The van der Waals surface area contributed by atoms with Gasteiger partial charge in [-0.15, -0.1) is 11.6 Å². The SMILES string of the molecule is CC(C)(C)Oc1ccc(C(=O)C(C)(C)CCl)cc1. The average molecular weight is 269 g/mol. The molecule has 100 valence electrons. The number of rotatable bonds is 4. The minimum absolute atomic E-state index is 0.0554. The number of alkyl halides is 1. The Kier molecular flexibility index (Phi) is 4.44. The highest BCUT2D eigenvalue weighted by Gasteiger charge is 2.27. The maximum Gasteiger partial charge on any atom is 0.169 e. The van der Waals surface area contributed by atoms with E-state index in [4.69, 9.17) is 16.3 Å². The molecule has 0 saturated heterocycles. The van der Waals surface area contributed by atoms with Gasteiger partial charge in [0.05, 0.1) is 0 Å². The number of Topliss-reactive ketones (excluding diaryl/α,β-unsaturated/α-hetero) is 1. The van der Waals surface area contributed by atoms with Gasteiger partial charge in [-0.05, 0) is 45.0 Å². The Hall–Kier alpha value is -1.02. The van der Waals surface area contributed by atoms with Crippen molar-refractivity contribution < 1.29 is 9.53 Å². The second-order valence-corrected chi connectivity index (χ2v) is 6.35. The van der Waals surface area contributed by atoms with Crippen LogP contribution in [0.4, 0.5) is 0 Å². The van der Waals surface area contributed by atoms with E-state index in [0.29, 0.717) is 11.4 Å². The van der Waals surface area contributed by atoms with Crippen molar-refractivity contribution in [3.05, 3.63) is 29.8 Å². The standard InChI is InChI=1S/C15H21ClO2/c1-14(2,3)18-12-8-6-11(7-9-12)13(17)15(4,5)10-16/h6-9H,10H2,1-5H3. The van der Waals surface area contributed by atoms with Gasteiger partial charge in [0.25, 0.3) is 0 Å².